The molecule has 1 saturated heterocycles. The van der Waals surface area contributed by atoms with Gasteiger partial charge in [0.15, 0.2) is 0 Å². The highest BCUT2D eigenvalue weighted by atomic mass is 16.5. The van der Waals surface area contributed by atoms with Crippen molar-refractivity contribution in [1.82, 2.24) is 10.2 Å². The van der Waals surface area contributed by atoms with Gasteiger partial charge in [0.2, 0.25) is 11.8 Å². The first-order valence-corrected chi connectivity index (χ1v) is 9.93. The number of carbonyl (C=O) groups is 2. The highest BCUT2D eigenvalue weighted by molar-refractivity contribution is 5.79. The number of nitrogens with one attached hydrogen (secondary N) is 1. The largest absolute Gasteiger partial charge is 0.394 e. The van der Waals surface area contributed by atoms with Gasteiger partial charge < -0.3 is 20.1 Å². The Labute approximate surface area is 171 Å². The maximum atomic E-state index is 12.4. The zero-order valence-corrected chi connectivity index (χ0v) is 16.9. The van der Waals surface area contributed by atoms with Crippen LogP contribution >= 0.6 is 0 Å². The number of hydrogen-bond acceptors (Lipinski definition) is 4. The number of likely N-dealkylation sites (tertiary alicyclic amines) is 1. The summed E-state index contributed by atoms with van der Waals surface area (Å²) in [5.74, 6) is -0.280. The van der Waals surface area contributed by atoms with Crippen molar-refractivity contribution in [3.8, 4) is 11.1 Å². The van der Waals surface area contributed by atoms with Gasteiger partial charge in [0, 0.05) is 26.0 Å². The van der Waals surface area contributed by atoms with Crippen LogP contribution in [0.5, 0.6) is 0 Å². The molecule has 1 heterocycles. The monoisotopic (exact) mass is 396 g/mol. The van der Waals surface area contributed by atoms with E-state index in [1.807, 2.05) is 30.3 Å². The van der Waals surface area contributed by atoms with Crippen LogP contribution in [0.3, 0.4) is 0 Å². The molecule has 3 atom stereocenters. The van der Waals surface area contributed by atoms with Crippen LogP contribution < -0.4 is 5.32 Å². The molecular weight excluding hydrogens is 368 g/mol. The first-order valence-electron chi connectivity index (χ1n) is 9.93. The van der Waals surface area contributed by atoms with Gasteiger partial charge in [-0.15, -0.1) is 0 Å². The second-order valence-electron chi connectivity index (χ2n) is 7.22. The molecule has 6 nitrogen and oxygen atoms in total. The molecular formula is C23H28N2O4. The summed E-state index contributed by atoms with van der Waals surface area (Å²) in [5, 5.41) is 12.8. The second kappa shape index (κ2) is 9.67. The maximum absolute atomic E-state index is 12.4. The third kappa shape index (κ3) is 4.49. The molecule has 0 saturated carbocycles. The number of methoxy groups -OCH3 is 1. The lowest BCUT2D eigenvalue weighted by Crippen LogP contribution is -2.68. The molecule has 1 aliphatic rings. The lowest BCUT2D eigenvalue weighted by atomic mass is 9.74. The van der Waals surface area contributed by atoms with Gasteiger partial charge in [-0.1, -0.05) is 61.5 Å². The van der Waals surface area contributed by atoms with Crippen LogP contribution in [0.25, 0.3) is 11.1 Å². The summed E-state index contributed by atoms with van der Waals surface area (Å²) < 4.78 is 4.86. The Morgan fingerprint density at radius 1 is 1.03 bits per heavy atom. The number of aliphatic hydroxyl groups excluding tert-OH is 1. The van der Waals surface area contributed by atoms with E-state index in [4.69, 9.17) is 4.74 Å². The van der Waals surface area contributed by atoms with Crippen LogP contribution in [-0.4, -0.2) is 60.8 Å². The van der Waals surface area contributed by atoms with E-state index in [0.29, 0.717) is 13.0 Å². The van der Waals surface area contributed by atoms with E-state index >= 15 is 0 Å². The quantitative estimate of drug-likeness (QED) is 0.717. The highest BCUT2D eigenvalue weighted by Gasteiger charge is 2.50. The molecule has 0 unspecified atom stereocenters. The Morgan fingerprint density at radius 3 is 2.28 bits per heavy atom. The molecule has 0 aliphatic carbocycles. The molecule has 2 N–H and O–H groups in total. The minimum absolute atomic E-state index is 0.0195. The third-order valence-corrected chi connectivity index (χ3v) is 5.51. The van der Waals surface area contributed by atoms with Crippen LogP contribution in [0.15, 0.2) is 54.6 Å². The van der Waals surface area contributed by atoms with Crippen LogP contribution in [0.1, 0.15) is 24.8 Å². The summed E-state index contributed by atoms with van der Waals surface area (Å²) in [5.41, 5.74) is 3.30. The topological polar surface area (TPSA) is 78.9 Å². The second-order valence-corrected chi connectivity index (χ2v) is 7.22. The number of hydrogen-bond donors (Lipinski definition) is 2. The van der Waals surface area contributed by atoms with Crippen molar-refractivity contribution >= 4 is 11.8 Å². The van der Waals surface area contributed by atoms with E-state index in [1.54, 1.807) is 11.8 Å². The Hall–Kier alpha value is -2.70. The van der Waals surface area contributed by atoms with Crippen molar-refractivity contribution < 1.29 is 19.4 Å². The zero-order chi connectivity index (χ0) is 20.8. The number of aliphatic hydroxyl groups is 1. The minimum atomic E-state index is -0.283. The van der Waals surface area contributed by atoms with Crippen molar-refractivity contribution in [2.75, 3.05) is 26.9 Å². The average Bonchev–Trinajstić information content (AvgIpc) is 2.74. The SMILES string of the molecule is CCC(=O)N1[C@H](CO)[C@@H](c2ccc(-c3ccccc3)cc2)[C@@H]1CNC(=O)COC. The molecule has 0 aromatic heterocycles. The molecule has 1 aliphatic heterocycles. The average molecular weight is 396 g/mol. The third-order valence-electron chi connectivity index (χ3n) is 5.51. The number of rotatable bonds is 8. The fourth-order valence-electron chi connectivity index (χ4n) is 4.10. The molecule has 154 valence electrons. The van der Waals surface area contributed by atoms with E-state index in [-0.39, 0.29) is 43.0 Å². The summed E-state index contributed by atoms with van der Waals surface area (Å²) in [6.07, 6.45) is 0.360. The fourth-order valence-corrected chi connectivity index (χ4v) is 4.10. The zero-order valence-electron chi connectivity index (χ0n) is 16.9. The molecule has 0 radical (unpaired) electrons. The smallest absolute Gasteiger partial charge is 0.246 e. The molecule has 3 rings (SSSR count). The predicted octanol–water partition coefficient (Wildman–Crippen LogP) is 2.18. The van der Waals surface area contributed by atoms with Gasteiger partial charge in [0.05, 0.1) is 18.7 Å². The number of carbonyl (C=O) groups excluding carboxylic acids is 2. The normalized spacial score (nSPS) is 20.8. The van der Waals surface area contributed by atoms with Crippen molar-refractivity contribution in [3.05, 3.63) is 60.2 Å². The summed E-state index contributed by atoms with van der Waals surface area (Å²) in [4.78, 5) is 26.0. The molecule has 0 spiro atoms. The number of ether oxygens (including phenoxy) is 1. The molecule has 2 aromatic carbocycles. The Kier molecular flexibility index (Phi) is 7.01. The Balaban J connectivity index is 1.81. The lowest BCUT2D eigenvalue weighted by Gasteiger charge is -2.55. The molecule has 1 fully saturated rings. The van der Waals surface area contributed by atoms with E-state index in [9.17, 15) is 14.7 Å². The predicted molar refractivity (Wildman–Crippen MR) is 111 cm³/mol. The molecule has 2 aromatic rings. The van der Waals surface area contributed by atoms with E-state index in [0.717, 1.165) is 16.7 Å². The van der Waals surface area contributed by atoms with Crippen molar-refractivity contribution in [2.45, 2.75) is 31.3 Å². The molecule has 6 heteroatoms. The van der Waals surface area contributed by atoms with Gasteiger partial charge in [-0.3, -0.25) is 9.59 Å². The van der Waals surface area contributed by atoms with E-state index < -0.39 is 0 Å². The van der Waals surface area contributed by atoms with Crippen molar-refractivity contribution in [3.63, 3.8) is 0 Å². The number of benzene rings is 2. The van der Waals surface area contributed by atoms with Crippen LogP contribution in [0.2, 0.25) is 0 Å². The first-order chi connectivity index (χ1) is 14.1. The van der Waals surface area contributed by atoms with Gasteiger partial charge in [-0.05, 0) is 16.7 Å². The molecule has 29 heavy (non-hydrogen) atoms. The van der Waals surface area contributed by atoms with Gasteiger partial charge in [-0.2, -0.15) is 0 Å². The summed E-state index contributed by atoms with van der Waals surface area (Å²) in [6.45, 7) is 2.00. The number of amides is 2. The summed E-state index contributed by atoms with van der Waals surface area (Å²) in [7, 11) is 1.47. The van der Waals surface area contributed by atoms with Crippen molar-refractivity contribution in [2.24, 2.45) is 0 Å². The molecule has 0 bridgehead atoms. The first kappa shape index (κ1) is 21.0. The van der Waals surface area contributed by atoms with Crippen LogP contribution in [0.4, 0.5) is 0 Å². The van der Waals surface area contributed by atoms with Gasteiger partial charge >= 0.3 is 0 Å². The molecule has 2 amide bonds. The Bertz CT molecular complexity index is 823. The number of nitrogens with zero attached hydrogens (tertiary/aromatic N) is 1. The van der Waals surface area contributed by atoms with Gasteiger partial charge in [0.1, 0.15) is 6.61 Å². The highest BCUT2D eigenvalue weighted by Crippen LogP contribution is 2.41. The standard InChI is InChI=1S/C23H28N2O4/c1-3-22(28)25-19(13-24-21(27)15-29-2)23(20(25)14-26)18-11-9-17(10-12-18)16-7-5-4-6-8-16/h4-12,19-20,23,26H,3,13-15H2,1-2H3,(H,24,27)/t19-,20+,23-/m0/s1. The van der Waals surface area contributed by atoms with Crippen LogP contribution in [-0.2, 0) is 14.3 Å². The fraction of sp³-hybridized carbons (Fsp3) is 0.391. The van der Waals surface area contributed by atoms with Gasteiger partial charge in [-0.25, -0.2) is 0 Å². The van der Waals surface area contributed by atoms with Crippen molar-refractivity contribution in [1.29, 1.82) is 0 Å². The lowest BCUT2D eigenvalue weighted by molar-refractivity contribution is -0.150. The maximum Gasteiger partial charge on any atom is 0.246 e. The van der Waals surface area contributed by atoms with E-state index in [1.165, 1.54) is 7.11 Å². The van der Waals surface area contributed by atoms with Gasteiger partial charge in [0.25, 0.3) is 0 Å². The summed E-state index contributed by atoms with van der Waals surface area (Å²) in [6, 6.07) is 17.9. The van der Waals surface area contributed by atoms with E-state index in [2.05, 4.69) is 29.6 Å². The summed E-state index contributed by atoms with van der Waals surface area (Å²) >= 11 is 0. The Morgan fingerprint density at radius 2 is 1.69 bits per heavy atom. The van der Waals surface area contributed by atoms with Crippen LogP contribution in [0, 0.1) is 0 Å². The minimum Gasteiger partial charge on any atom is -0.394 e.